The molecular formula is C20H18F3N3O. The summed E-state index contributed by atoms with van der Waals surface area (Å²) in [4.78, 5) is 16.1. The molecule has 2 aromatic carbocycles. The standard InChI is InChI=1S/C20H18F3N3O/c1-14-2-4-15(5-3-14)19(27)26-10-8-25(9-11-26)17-7-6-16(13-24)18(12-17)20(21,22)23/h2-7,12H,8-11H2,1H3. The van der Waals surface area contributed by atoms with Gasteiger partial charge in [-0.1, -0.05) is 17.7 Å². The van der Waals surface area contributed by atoms with Crippen molar-refractivity contribution >= 4 is 11.6 Å². The van der Waals surface area contributed by atoms with E-state index in [1.54, 1.807) is 28.0 Å². The van der Waals surface area contributed by atoms with Crippen LogP contribution in [0, 0.1) is 18.3 Å². The topological polar surface area (TPSA) is 47.3 Å². The van der Waals surface area contributed by atoms with E-state index in [2.05, 4.69) is 0 Å². The Balaban J connectivity index is 1.71. The molecule has 0 radical (unpaired) electrons. The number of nitrogens with zero attached hydrogens (tertiary/aromatic N) is 3. The molecule has 1 heterocycles. The number of nitriles is 1. The molecule has 7 heteroatoms. The molecule has 0 bridgehead atoms. The summed E-state index contributed by atoms with van der Waals surface area (Å²) < 4.78 is 39.4. The molecule has 0 aliphatic carbocycles. The van der Waals surface area contributed by atoms with Gasteiger partial charge in [-0.05, 0) is 37.3 Å². The summed E-state index contributed by atoms with van der Waals surface area (Å²) in [5.74, 6) is -0.0783. The lowest BCUT2D eigenvalue weighted by atomic mass is 10.1. The lowest BCUT2D eigenvalue weighted by Crippen LogP contribution is -2.48. The maximum Gasteiger partial charge on any atom is 0.417 e. The lowest BCUT2D eigenvalue weighted by molar-refractivity contribution is -0.137. The van der Waals surface area contributed by atoms with Gasteiger partial charge in [0.2, 0.25) is 0 Å². The van der Waals surface area contributed by atoms with Gasteiger partial charge in [0.15, 0.2) is 0 Å². The van der Waals surface area contributed by atoms with Crippen molar-refractivity contribution in [3.63, 3.8) is 0 Å². The summed E-state index contributed by atoms with van der Waals surface area (Å²) in [7, 11) is 0. The van der Waals surface area contributed by atoms with Gasteiger partial charge in [-0.3, -0.25) is 4.79 Å². The van der Waals surface area contributed by atoms with Gasteiger partial charge in [0.25, 0.3) is 5.91 Å². The molecule has 0 aromatic heterocycles. The van der Waals surface area contributed by atoms with Crippen LogP contribution in [0.2, 0.25) is 0 Å². The Morgan fingerprint density at radius 3 is 2.22 bits per heavy atom. The van der Waals surface area contributed by atoms with Gasteiger partial charge in [-0.2, -0.15) is 18.4 Å². The molecule has 1 fully saturated rings. The molecule has 2 aromatic rings. The van der Waals surface area contributed by atoms with Crippen molar-refractivity contribution < 1.29 is 18.0 Å². The Bertz CT molecular complexity index is 877. The summed E-state index contributed by atoms with van der Waals surface area (Å²) >= 11 is 0. The number of benzene rings is 2. The fourth-order valence-corrected chi connectivity index (χ4v) is 3.11. The Labute approximate surface area is 155 Å². The average Bonchev–Trinajstić information content (AvgIpc) is 2.67. The van der Waals surface area contributed by atoms with Gasteiger partial charge in [0, 0.05) is 37.4 Å². The number of carbonyl (C=O) groups is 1. The van der Waals surface area contributed by atoms with Gasteiger partial charge in [-0.25, -0.2) is 0 Å². The van der Waals surface area contributed by atoms with E-state index in [4.69, 9.17) is 5.26 Å². The van der Waals surface area contributed by atoms with E-state index in [0.717, 1.165) is 11.6 Å². The monoisotopic (exact) mass is 373 g/mol. The second kappa shape index (κ2) is 7.31. The predicted molar refractivity (Wildman–Crippen MR) is 95.5 cm³/mol. The van der Waals surface area contributed by atoms with Crippen LogP contribution < -0.4 is 4.90 Å². The first-order valence-corrected chi connectivity index (χ1v) is 8.52. The van der Waals surface area contributed by atoms with E-state index >= 15 is 0 Å². The molecule has 140 valence electrons. The Morgan fingerprint density at radius 2 is 1.67 bits per heavy atom. The highest BCUT2D eigenvalue weighted by molar-refractivity contribution is 5.94. The third kappa shape index (κ3) is 4.05. The summed E-state index contributed by atoms with van der Waals surface area (Å²) in [5, 5.41) is 8.90. The molecule has 3 rings (SSSR count). The second-order valence-electron chi connectivity index (χ2n) is 6.48. The number of amides is 1. The van der Waals surface area contributed by atoms with E-state index in [9.17, 15) is 18.0 Å². The molecule has 4 nitrogen and oxygen atoms in total. The van der Waals surface area contributed by atoms with Crippen molar-refractivity contribution in [3.8, 4) is 6.07 Å². The fraction of sp³-hybridized carbons (Fsp3) is 0.300. The smallest absolute Gasteiger partial charge is 0.368 e. The van der Waals surface area contributed by atoms with Crippen molar-refractivity contribution in [2.24, 2.45) is 0 Å². The van der Waals surface area contributed by atoms with E-state index in [1.807, 2.05) is 19.1 Å². The third-order valence-corrected chi connectivity index (χ3v) is 4.66. The molecule has 1 amide bonds. The zero-order valence-corrected chi connectivity index (χ0v) is 14.8. The first kappa shape index (κ1) is 18.8. The number of piperazine rings is 1. The van der Waals surface area contributed by atoms with Gasteiger partial charge < -0.3 is 9.80 Å². The highest BCUT2D eigenvalue weighted by Crippen LogP contribution is 2.34. The third-order valence-electron chi connectivity index (χ3n) is 4.66. The van der Waals surface area contributed by atoms with Crippen LogP contribution in [0.25, 0.3) is 0 Å². The average molecular weight is 373 g/mol. The minimum Gasteiger partial charge on any atom is -0.368 e. The van der Waals surface area contributed by atoms with E-state index in [-0.39, 0.29) is 11.5 Å². The van der Waals surface area contributed by atoms with Crippen LogP contribution in [0.1, 0.15) is 27.0 Å². The van der Waals surface area contributed by atoms with Crippen molar-refractivity contribution in [1.82, 2.24) is 4.90 Å². The predicted octanol–water partition coefficient (Wildman–Crippen LogP) is 3.85. The minimum atomic E-state index is -4.58. The first-order chi connectivity index (χ1) is 12.8. The van der Waals surface area contributed by atoms with Crippen LogP contribution in [-0.2, 0) is 6.18 Å². The maximum atomic E-state index is 13.1. The number of halogens is 3. The van der Waals surface area contributed by atoms with Crippen LogP contribution >= 0.6 is 0 Å². The number of aryl methyl sites for hydroxylation is 1. The second-order valence-corrected chi connectivity index (χ2v) is 6.48. The van der Waals surface area contributed by atoms with E-state index < -0.39 is 11.7 Å². The molecule has 0 atom stereocenters. The highest BCUT2D eigenvalue weighted by atomic mass is 19.4. The molecule has 0 saturated carbocycles. The van der Waals surface area contributed by atoms with Crippen LogP contribution in [-0.4, -0.2) is 37.0 Å². The Morgan fingerprint density at radius 1 is 1.04 bits per heavy atom. The number of rotatable bonds is 2. The van der Waals surface area contributed by atoms with Crippen LogP contribution in [0.3, 0.4) is 0 Å². The number of alkyl halides is 3. The summed E-state index contributed by atoms with van der Waals surface area (Å²) in [6.07, 6.45) is -4.58. The Hall–Kier alpha value is -3.01. The first-order valence-electron chi connectivity index (χ1n) is 8.52. The zero-order chi connectivity index (χ0) is 19.6. The minimum absolute atomic E-state index is 0.0783. The molecular weight excluding hydrogens is 355 g/mol. The van der Waals surface area contributed by atoms with Crippen molar-refractivity contribution in [2.75, 3.05) is 31.1 Å². The maximum absolute atomic E-state index is 13.1. The number of hydrogen-bond donors (Lipinski definition) is 0. The van der Waals surface area contributed by atoms with Gasteiger partial charge >= 0.3 is 6.18 Å². The van der Waals surface area contributed by atoms with E-state index in [0.29, 0.717) is 37.4 Å². The number of anilines is 1. The van der Waals surface area contributed by atoms with Crippen LogP contribution in [0.5, 0.6) is 0 Å². The van der Waals surface area contributed by atoms with Crippen molar-refractivity contribution in [1.29, 1.82) is 5.26 Å². The fourth-order valence-electron chi connectivity index (χ4n) is 3.11. The van der Waals surface area contributed by atoms with Gasteiger partial charge in [0.1, 0.15) is 0 Å². The molecule has 1 aliphatic rings. The molecule has 1 saturated heterocycles. The molecule has 0 N–H and O–H groups in total. The quantitative estimate of drug-likeness (QED) is 0.803. The molecule has 0 unspecified atom stereocenters. The van der Waals surface area contributed by atoms with Crippen molar-refractivity contribution in [3.05, 3.63) is 64.7 Å². The highest BCUT2D eigenvalue weighted by Gasteiger charge is 2.34. The summed E-state index contributed by atoms with van der Waals surface area (Å²) in [6.45, 7) is 3.66. The van der Waals surface area contributed by atoms with E-state index in [1.165, 1.54) is 12.1 Å². The Kier molecular flexibility index (Phi) is 5.08. The zero-order valence-electron chi connectivity index (χ0n) is 14.8. The molecule has 1 aliphatic heterocycles. The number of carbonyl (C=O) groups excluding carboxylic acids is 1. The normalized spacial score (nSPS) is 14.8. The molecule has 0 spiro atoms. The SMILES string of the molecule is Cc1ccc(C(=O)N2CCN(c3ccc(C#N)c(C(F)(F)F)c3)CC2)cc1. The van der Waals surface area contributed by atoms with Gasteiger partial charge in [0.05, 0.1) is 17.2 Å². The van der Waals surface area contributed by atoms with Crippen LogP contribution in [0.15, 0.2) is 42.5 Å². The lowest BCUT2D eigenvalue weighted by Gasteiger charge is -2.36. The van der Waals surface area contributed by atoms with Crippen LogP contribution in [0.4, 0.5) is 18.9 Å². The largest absolute Gasteiger partial charge is 0.417 e. The number of hydrogen-bond acceptors (Lipinski definition) is 3. The molecule has 27 heavy (non-hydrogen) atoms. The van der Waals surface area contributed by atoms with Crippen molar-refractivity contribution in [2.45, 2.75) is 13.1 Å². The summed E-state index contributed by atoms with van der Waals surface area (Å²) in [5.41, 5.74) is 0.758. The van der Waals surface area contributed by atoms with Gasteiger partial charge in [-0.15, -0.1) is 0 Å². The summed E-state index contributed by atoms with van der Waals surface area (Å²) in [6, 6.07) is 12.6.